The number of nitrogen functional groups attached to an aromatic ring is 3. The highest BCUT2D eigenvalue weighted by Gasteiger charge is 2.63. The number of aromatic nitrogens is 12. The predicted molar refractivity (Wildman–Crippen MR) is 341 cm³/mol. The summed E-state index contributed by atoms with van der Waals surface area (Å²) in [6.07, 6.45) is -7.90. The lowest BCUT2D eigenvalue weighted by atomic mass is 9.96. The van der Waals surface area contributed by atoms with Crippen LogP contribution >= 0.6 is 23.5 Å². The molecule has 6 saturated heterocycles. The highest BCUT2D eigenvalue weighted by atomic mass is 31.2. The van der Waals surface area contributed by atoms with Gasteiger partial charge in [-0.05, 0) is 83.1 Å². The summed E-state index contributed by atoms with van der Waals surface area (Å²) in [5.74, 6) is -0.0806. The first-order chi connectivity index (χ1) is 48.1. The summed E-state index contributed by atoms with van der Waals surface area (Å²) in [5.41, 5.74) is 14.1. The second kappa shape index (κ2) is 31.1. The molecule has 6 aliphatic rings. The van der Waals surface area contributed by atoms with Crippen molar-refractivity contribution < 1.29 is 136 Å². The van der Waals surface area contributed by atoms with Crippen molar-refractivity contribution in [3.8, 4) is 17.6 Å². The van der Waals surface area contributed by atoms with Crippen LogP contribution in [0.4, 0.5) is 27.4 Å². The molecule has 0 aromatic carbocycles. The summed E-state index contributed by atoms with van der Waals surface area (Å²) < 4.78 is 149. The number of ether oxygens (including phenoxy) is 11. The number of fused-ring (bicyclic) bond motifs is 6. The van der Waals surface area contributed by atoms with E-state index in [0.717, 1.165) is 0 Å². The van der Waals surface area contributed by atoms with Crippen molar-refractivity contribution in [3.63, 3.8) is 0 Å². The number of hydrogen-bond acceptors (Lipinski definition) is 41. The van der Waals surface area contributed by atoms with E-state index in [0.29, 0.717) is 36.4 Å². The zero-order chi connectivity index (χ0) is 74.0. The molecule has 47 heteroatoms. The maximum absolute atomic E-state index is 13.0. The Bertz CT molecular complexity index is 3730. The summed E-state index contributed by atoms with van der Waals surface area (Å²) in [7, 11) is -12.5. The van der Waals surface area contributed by atoms with Gasteiger partial charge in [0.25, 0.3) is 0 Å². The van der Waals surface area contributed by atoms with Crippen molar-refractivity contribution >= 4 is 93.1 Å². The molecule has 6 aromatic rings. The first-order valence-corrected chi connectivity index (χ1v) is 36.1. The second-order valence-corrected chi connectivity index (χ2v) is 29.1. The van der Waals surface area contributed by atoms with Gasteiger partial charge in [0.2, 0.25) is 49.1 Å². The first-order valence-electron chi connectivity index (χ1n) is 31.7. The quantitative estimate of drug-likeness (QED) is 0.0238. The molecule has 0 saturated carbocycles. The largest absolute Gasteiger partial charge is 0.510 e. The fourth-order valence-corrected chi connectivity index (χ4v) is 15.2. The number of carbonyl (C=O) groups is 3. The van der Waals surface area contributed by atoms with Crippen molar-refractivity contribution in [3.05, 3.63) is 19.0 Å². The van der Waals surface area contributed by atoms with Crippen LogP contribution in [0.1, 0.15) is 108 Å². The van der Waals surface area contributed by atoms with Gasteiger partial charge in [-0.25, -0.2) is 47.3 Å². The lowest BCUT2D eigenvalue weighted by molar-refractivity contribution is -0.148. The molecule has 6 aromatic heterocycles. The Morgan fingerprint density at radius 1 is 0.510 bits per heavy atom. The van der Waals surface area contributed by atoms with Crippen LogP contribution < -0.4 is 31.4 Å². The lowest BCUT2D eigenvalue weighted by Crippen LogP contribution is -2.47. The van der Waals surface area contributed by atoms with Crippen molar-refractivity contribution in [1.29, 1.82) is 0 Å². The molecule has 15 atom stereocenters. The molecule has 564 valence electrons. The highest BCUT2D eigenvalue weighted by Crippen LogP contribution is 2.62. The number of nitrogens with two attached hydrogens (primary N) is 3. The number of rotatable bonds is 22. The summed E-state index contributed by atoms with van der Waals surface area (Å²) in [4.78, 5) is 72.2. The number of nitrogens with zero attached hydrogens (tertiary/aromatic N) is 12. The highest BCUT2D eigenvalue weighted by molar-refractivity contribution is 7.49. The van der Waals surface area contributed by atoms with Gasteiger partial charge < -0.3 is 84.6 Å². The normalized spacial score (nSPS) is 31.0. The van der Waals surface area contributed by atoms with E-state index in [9.17, 15) is 43.4 Å². The molecule has 0 bridgehead atoms. The molecule has 0 amide bonds. The number of esters is 1. The summed E-state index contributed by atoms with van der Waals surface area (Å²) in [6.45, 7) is 18.4. The summed E-state index contributed by atoms with van der Waals surface area (Å²) in [6, 6.07) is 0. The molecule has 6 aliphatic heterocycles. The monoisotopic (exact) mass is 1510 g/mol. The fourth-order valence-electron chi connectivity index (χ4n) is 11.1. The number of aliphatic hydroxyl groups is 3. The number of carbonyl (C=O) groups excluding carboxylic acids is 3. The molecule has 12 rings (SSSR count). The Hall–Kier alpha value is -7.45. The molecule has 1 unspecified atom stereocenters. The van der Waals surface area contributed by atoms with E-state index in [4.69, 9.17) is 110 Å². The van der Waals surface area contributed by atoms with E-state index in [1.54, 1.807) is 62.3 Å². The van der Waals surface area contributed by atoms with E-state index in [-0.39, 0.29) is 91.4 Å². The number of imidazole rings is 3. The Morgan fingerprint density at radius 3 is 1.11 bits per heavy atom. The third kappa shape index (κ3) is 16.9. The molecule has 102 heavy (non-hydrogen) atoms. The van der Waals surface area contributed by atoms with Gasteiger partial charge in [0.15, 0.2) is 52.2 Å². The smallest absolute Gasteiger partial charge is 0.476 e. The Morgan fingerprint density at radius 2 is 0.814 bits per heavy atom. The molecule has 0 aliphatic carbocycles. The second-order valence-electron chi connectivity index (χ2n) is 24.2. The van der Waals surface area contributed by atoms with Crippen LogP contribution in [0.3, 0.4) is 0 Å². The van der Waals surface area contributed by atoms with E-state index >= 15 is 0 Å². The van der Waals surface area contributed by atoms with E-state index in [2.05, 4.69) is 44.9 Å². The van der Waals surface area contributed by atoms with Crippen molar-refractivity contribution in [2.45, 2.75) is 180 Å². The average molecular weight is 1510 g/mol. The predicted octanol–water partition coefficient (Wildman–Crippen LogP) is 4.37. The maximum Gasteiger partial charge on any atom is 0.510 e. The fraction of sp³-hybridized carbons (Fsp3) is 0.673. The molecular weight excluding hydrogens is 1430 g/mol. The van der Waals surface area contributed by atoms with Gasteiger partial charge in [-0.2, -0.15) is 29.9 Å². The zero-order valence-corrected chi connectivity index (χ0v) is 59.8. The van der Waals surface area contributed by atoms with Crippen LogP contribution in [-0.4, -0.2) is 224 Å². The van der Waals surface area contributed by atoms with Gasteiger partial charge in [0.1, 0.15) is 53.4 Å². The van der Waals surface area contributed by atoms with Crippen LogP contribution in [0, 0.1) is 0 Å². The maximum atomic E-state index is 13.0. The van der Waals surface area contributed by atoms with E-state index in [1.165, 1.54) is 53.5 Å². The average Bonchev–Trinajstić information content (AvgIpc) is 1.59. The van der Waals surface area contributed by atoms with Crippen LogP contribution in [0.5, 0.6) is 17.6 Å². The molecule has 0 radical (unpaired) electrons. The Balaban J connectivity index is 0.000000165. The molecule has 6 fully saturated rings. The van der Waals surface area contributed by atoms with Gasteiger partial charge in [0, 0.05) is 0 Å². The number of phosphoric ester groups is 3. The lowest BCUT2D eigenvalue weighted by Gasteiger charge is -2.34. The third-order valence-electron chi connectivity index (χ3n) is 15.3. The summed E-state index contributed by atoms with van der Waals surface area (Å²) in [5, 5.41) is 34.0. The van der Waals surface area contributed by atoms with E-state index < -0.39 is 140 Å². The van der Waals surface area contributed by atoms with Gasteiger partial charge >= 0.3 is 41.7 Å². The molecule has 44 nitrogen and oxygen atoms in total. The van der Waals surface area contributed by atoms with Crippen LogP contribution in [0.15, 0.2) is 19.0 Å². The van der Waals surface area contributed by atoms with Gasteiger partial charge in [0.05, 0.1) is 90.0 Å². The molecule has 0 spiro atoms. The molecule has 9 N–H and O–H groups in total. The Kier molecular flexibility index (Phi) is 23.5. The molecular formula is C55H80N15O29P3. The van der Waals surface area contributed by atoms with Gasteiger partial charge in [-0.1, -0.05) is 0 Å². The Labute approximate surface area is 579 Å². The van der Waals surface area contributed by atoms with Gasteiger partial charge in [-0.15, -0.1) is 0 Å². The van der Waals surface area contributed by atoms with Crippen LogP contribution in [-0.2, 0) is 97.1 Å². The topological polar surface area (TPSA) is 557 Å². The van der Waals surface area contributed by atoms with E-state index in [1.807, 2.05) is 0 Å². The van der Waals surface area contributed by atoms with Gasteiger partial charge in [-0.3, -0.25) is 50.2 Å². The summed E-state index contributed by atoms with van der Waals surface area (Å²) >= 11 is 0. The third-order valence-corrected chi connectivity index (χ3v) is 19.4. The number of hydrogen-bond donors (Lipinski definition) is 6. The minimum Gasteiger partial charge on any atom is -0.476 e. The SMILES string of the molecule is CCOc1nc(N)nc2c1ncn2[C@@H]1O[C@@H]2COP(=O)(OCCC(=O)OC(C)C)O[C@H]2[C@@]1(C)O.CCOc1nc(N)nc2c1ncn2[C@@H]1O[C@@H]2CO[P@@](=O)(OCOC(=O)OC(C)C)O[C@H]2[C@@]1(C)O.CCOc1nc(N)nc2c1ncn2[C@@H]1O[C@@H]2CO[P@](=O)(OCOC(=O)OC(C)C)O[C@H]2[C@@]1(C)O. The first kappa shape index (κ1) is 77.2. The van der Waals surface area contributed by atoms with Crippen LogP contribution in [0.2, 0.25) is 0 Å². The van der Waals surface area contributed by atoms with Crippen LogP contribution in [0.25, 0.3) is 33.5 Å². The minimum atomic E-state index is -4.19. The number of phosphoric acid groups is 3. The standard InChI is InChI=1S/C19H28N5O9P.2C18H26N5O10P/c1-5-28-16-13-15(22-18(20)23-16)24(9-21-13)17-19(4,26)14-11(32-17)8-30-34(27,33-14)29-7-6-12(25)31-10(2)3;2*1-5-27-14-11-13(21-16(19)22-14)23(7-20-11)15-18(4,25)12-10(32-15)6-29-34(26,33-12)30-8-28-17(24)31-9(2)3/h9-11,14,17,26H,5-8H2,1-4H3,(H2,20,22,23);2*7,9-10,12,15,25H,5-6,8H2,1-4H3,(H2,19,21,22)/t11-,14-,17-,19-,34?;10-,12-,15-,18-,34+;10-,12-,15-,18-,34-/m111/s1. The minimum absolute atomic E-state index is 0.0405. The van der Waals surface area contributed by atoms with Crippen molar-refractivity contribution in [1.82, 2.24) is 58.6 Å². The van der Waals surface area contributed by atoms with Crippen molar-refractivity contribution in [2.24, 2.45) is 0 Å². The number of anilines is 3. The van der Waals surface area contributed by atoms with Crippen molar-refractivity contribution in [2.75, 3.05) is 77.0 Å². The molecule has 12 heterocycles. The zero-order valence-electron chi connectivity index (χ0n) is 57.1.